The van der Waals surface area contributed by atoms with E-state index in [1.165, 1.54) is 16.2 Å². The Kier molecular flexibility index (Phi) is 5.90. The highest BCUT2D eigenvalue weighted by Crippen LogP contribution is 2.21. The Morgan fingerprint density at radius 1 is 0.969 bits per heavy atom. The van der Waals surface area contributed by atoms with Gasteiger partial charge in [-0.3, -0.25) is 9.36 Å². The molecule has 4 rings (SSSR count). The molecule has 1 aromatic heterocycles. The average molecular weight is 425 g/mol. The van der Waals surface area contributed by atoms with Crippen molar-refractivity contribution >= 4 is 11.9 Å². The lowest BCUT2D eigenvalue weighted by Gasteiger charge is -2.04. The molecular formula is C27H24N2O3. The van der Waals surface area contributed by atoms with Crippen molar-refractivity contribution in [3.63, 3.8) is 0 Å². The van der Waals surface area contributed by atoms with Gasteiger partial charge in [-0.15, -0.1) is 0 Å². The Morgan fingerprint density at radius 2 is 1.75 bits per heavy atom. The number of ether oxygens (including phenoxy) is 1. The van der Waals surface area contributed by atoms with Crippen molar-refractivity contribution in [2.45, 2.75) is 13.8 Å². The van der Waals surface area contributed by atoms with E-state index in [0.717, 1.165) is 28.1 Å². The molecule has 0 atom stereocenters. The molecule has 0 aliphatic carbocycles. The van der Waals surface area contributed by atoms with Crippen LogP contribution in [0.4, 0.5) is 0 Å². The first-order chi connectivity index (χ1) is 15.4. The van der Waals surface area contributed by atoms with Gasteiger partial charge in [0.1, 0.15) is 5.75 Å². The Morgan fingerprint density at radius 3 is 2.47 bits per heavy atom. The number of ketones is 1. The smallest absolute Gasteiger partial charge is 0.330 e. The van der Waals surface area contributed by atoms with E-state index < -0.39 is 0 Å². The van der Waals surface area contributed by atoms with Gasteiger partial charge in [0.2, 0.25) is 0 Å². The lowest BCUT2D eigenvalue weighted by molar-refractivity contribution is 0.104. The number of methoxy groups -OCH3 is 1. The fourth-order valence-corrected chi connectivity index (χ4v) is 3.44. The summed E-state index contributed by atoms with van der Waals surface area (Å²) >= 11 is 0. The van der Waals surface area contributed by atoms with Crippen LogP contribution in [0.1, 0.15) is 27.0 Å². The number of imidazole rings is 1. The van der Waals surface area contributed by atoms with Crippen LogP contribution in [-0.2, 0) is 0 Å². The first-order valence-corrected chi connectivity index (χ1v) is 10.3. The molecule has 0 aliphatic rings. The van der Waals surface area contributed by atoms with Crippen LogP contribution in [-0.4, -0.2) is 22.4 Å². The van der Waals surface area contributed by atoms with Gasteiger partial charge in [-0.25, -0.2) is 4.79 Å². The number of carbonyl (C=O) groups excluding carboxylic acids is 1. The number of hydrogen-bond acceptors (Lipinski definition) is 3. The number of aromatic amines is 1. The number of aromatic nitrogens is 2. The van der Waals surface area contributed by atoms with Crippen molar-refractivity contribution in [2.24, 2.45) is 0 Å². The molecule has 1 N–H and O–H groups in total. The van der Waals surface area contributed by atoms with Crippen molar-refractivity contribution < 1.29 is 9.53 Å². The summed E-state index contributed by atoms with van der Waals surface area (Å²) in [4.78, 5) is 28.2. The van der Waals surface area contributed by atoms with Crippen molar-refractivity contribution in [3.8, 4) is 22.7 Å². The Labute approximate surface area is 186 Å². The Balaban J connectivity index is 1.59. The average Bonchev–Trinajstić information content (AvgIpc) is 3.21. The number of hydrogen-bond donors (Lipinski definition) is 1. The summed E-state index contributed by atoms with van der Waals surface area (Å²) in [6, 6.07) is 20.6. The molecule has 160 valence electrons. The highest BCUT2D eigenvalue weighted by Gasteiger charge is 2.10. The largest absolute Gasteiger partial charge is 0.497 e. The molecule has 0 bridgehead atoms. The minimum Gasteiger partial charge on any atom is -0.497 e. The number of rotatable bonds is 6. The van der Waals surface area contributed by atoms with Crippen LogP contribution < -0.4 is 10.4 Å². The third kappa shape index (κ3) is 4.47. The van der Waals surface area contributed by atoms with Gasteiger partial charge in [-0.1, -0.05) is 42.5 Å². The maximum absolute atomic E-state index is 12.7. The van der Waals surface area contributed by atoms with Crippen LogP contribution in [0.15, 0.2) is 83.8 Å². The standard InChI is InChI=1S/C27H24N2O3/c1-18-7-11-21(15-19(18)2)25-17-29(27(31)28-25)23-6-4-5-22(16-23)26(30)14-10-20-8-12-24(32-3)13-9-20/h4-17H,1-3H3,(H,28,31)/b14-10+. The van der Waals surface area contributed by atoms with Crippen molar-refractivity contribution in [1.82, 2.24) is 9.55 Å². The van der Waals surface area contributed by atoms with Gasteiger partial charge in [0, 0.05) is 11.8 Å². The molecule has 5 nitrogen and oxygen atoms in total. The van der Waals surface area contributed by atoms with Gasteiger partial charge >= 0.3 is 5.69 Å². The molecule has 5 heteroatoms. The molecule has 0 fully saturated rings. The Bertz CT molecular complexity index is 1360. The molecule has 4 aromatic rings. The Hall–Kier alpha value is -4.12. The minimum absolute atomic E-state index is 0.138. The number of H-pyrrole nitrogens is 1. The summed E-state index contributed by atoms with van der Waals surface area (Å²) < 4.78 is 6.67. The SMILES string of the molecule is COc1ccc(/C=C/C(=O)c2cccc(-n3cc(-c4ccc(C)c(C)c4)[nH]c3=O)c2)cc1. The maximum Gasteiger partial charge on any atom is 0.330 e. The van der Waals surface area contributed by atoms with Crippen molar-refractivity contribution in [1.29, 1.82) is 0 Å². The molecule has 3 aromatic carbocycles. The lowest BCUT2D eigenvalue weighted by Crippen LogP contribution is -2.14. The van der Waals surface area contributed by atoms with Crippen LogP contribution in [0.3, 0.4) is 0 Å². The zero-order valence-corrected chi connectivity index (χ0v) is 18.3. The van der Waals surface area contributed by atoms with E-state index in [0.29, 0.717) is 11.3 Å². The zero-order chi connectivity index (χ0) is 22.7. The quantitative estimate of drug-likeness (QED) is 0.335. The fourth-order valence-electron chi connectivity index (χ4n) is 3.44. The molecule has 0 unspecified atom stereocenters. The molecule has 0 aliphatic heterocycles. The molecule has 0 spiro atoms. The van der Waals surface area contributed by atoms with Crippen LogP contribution in [0.2, 0.25) is 0 Å². The van der Waals surface area contributed by atoms with E-state index in [9.17, 15) is 9.59 Å². The molecular weight excluding hydrogens is 400 g/mol. The highest BCUT2D eigenvalue weighted by molar-refractivity contribution is 6.07. The van der Waals surface area contributed by atoms with Crippen LogP contribution >= 0.6 is 0 Å². The molecule has 0 amide bonds. The topological polar surface area (TPSA) is 64.1 Å². The predicted octanol–water partition coefficient (Wildman–Crippen LogP) is 5.35. The number of allylic oxidation sites excluding steroid dienone is 1. The fraction of sp³-hybridized carbons (Fsp3) is 0.111. The van der Waals surface area contributed by atoms with Gasteiger partial charge < -0.3 is 9.72 Å². The summed E-state index contributed by atoms with van der Waals surface area (Å²) in [5.41, 5.74) is 5.81. The minimum atomic E-state index is -0.253. The molecule has 0 radical (unpaired) electrons. The van der Waals surface area contributed by atoms with Crippen molar-refractivity contribution in [3.05, 3.63) is 112 Å². The monoisotopic (exact) mass is 424 g/mol. The van der Waals surface area contributed by atoms with Crippen molar-refractivity contribution in [2.75, 3.05) is 7.11 Å². The highest BCUT2D eigenvalue weighted by atomic mass is 16.5. The van der Waals surface area contributed by atoms with Gasteiger partial charge in [-0.05, 0) is 72.5 Å². The normalized spacial score (nSPS) is 11.1. The molecule has 0 saturated carbocycles. The van der Waals surface area contributed by atoms with E-state index in [1.807, 2.05) is 49.4 Å². The second-order valence-corrected chi connectivity index (χ2v) is 7.66. The molecule has 1 heterocycles. The third-order valence-electron chi connectivity index (χ3n) is 5.49. The van der Waals surface area contributed by atoms with Crippen LogP contribution in [0.25, 0.3) is 23.0 Å². The molecule has 0 saturated heterocycles. The number of carbonyl (C=O) groups is 1. The summed E-state index contributed by atoms with van der Waals surface area (Å²) in [5.74, 6) is 0.624. The van der Waals surface area contributed by atoms with Gasteiger partial charge in [0.15, 0.2) is 5.78 Å². The third-order valence-corrected chi connectivity index (χ3v) is 5.49. The van der Waals surface area contributed by atoms with E-state index in [1.54, 1.807) is 37.6 Å². The zero-order valence-electron chi connectivity index (χ0n) is 18.3. The number of aryl methyl sites for hydroxylation is 2. The second-order valence-electron chi connectivity index (χ2n) is 7.66. The second kappa shape index (κ2) is 8.94. The summed E-state index contributed by atoms with van der Waals surface area (Å²) in [5, 5.41) is 0. The summed E-state index contributed by atoms with van der Waals surface area (Å²) in [6.07, 6.45) is 5.05. The number of nitrogens with one attached hydrogen (secondary N) is 1. The van der Waals surface area contributed by atoms with Gasteiger partial charge in [0.25, 0.3) is 0 Å². The first kappa shape index (κ1) is 21.1. The lowest BCUT2D eigenvalue weighted by atomic mass is 10.0. The van der Waals surface area contributed by atoms with Crippen LogP contribution in [0, 0.1) is 13.8 Å². The number of benzene rings is 3. The number of nitrogens with zero attached hydrogens (tertiary/aromatic N) is 1. The van der Waals surface area contributed by atoms with E-state index in [4.69, 9.17) is 4.74 Å². The first-order valence-electron chi connectivity index (χ1n) is 10.3. The summed E-state index contributed by atoms with van der Waals surface area (Å²) in [7, 11) is 1.61. The predicted molar refractivity (Wildman–Crippen MR) is 128 cm³/mol. The van der Waals surface area contributed by atoms with Crippen LogP contribution in [0.5, 0.6) is 5.75 Å². The van der Waals surface area contributed by atoms with E-state index in [-0.39, 0.29) is 11.5 Å². The van der Waals surface area contributed by atoms with Gasteiger partial charge in [0.05, 0.1) is 18.5 Å². The molecule has 32 heavy (non-hydrogen) atoms. The van der Waals surface area contributed by atoms with Gasteiger partial charge in [-0.2, -0.15) is 0 Å². The maximum atomic E-state index is 12.7. The summed E-state index contributed by atoms with van der Waals surface area (Å²) in [6.45, 7) is 4.10. The van der Waals surface area contributed by atoms with E-state index >= 15 is 0 Å². The van der Waals surface area contributed by atoms with E-state index in [2.05, 4.69) is 18.0 Å².